The fourth-order valence-electron chi connectivity index (χ4n) is 1.95. The fourth-order valence-corrected chi connectivity index (χ4v) is 1.95. The van der Waals surface area contributed by atoms with Gasteiger partial charge in [0.2, 0.25) is 0 Å². The number of phenolic OH excluding ortho intramolecular Hbond substituents is 1. The second kappa shape index (κ2) is 5.72. The number of pyridine rings is 1. The zero-order chi connectivity index (χ0) is 15.5. The summed E-state index contributed by atoms with van der Waals surface area (Å²) >= 11 is 0. The second-order valence-corrected chi connectivity index (χ2v) is 4.52. The van der Waals surface area contributed by atoms with E-state index in [0.717, 1.165) is 0 Å². The minimum atomic E-state index is -0.428. The molecule has 7 heteroatoms. The van der Waals surface area contributed by atoms with Crippen LogP contribution in [0, 0.1) is 0 Å². The molecule has 0 aliphatic carbocycles. The Balaban J connectivity index is 1.78. The topological polar surface area (TPSA) is 86.0 Å². The van der Waals surface area contributed by atoms with Crippen molar-refractivity contribution in [2.45, 2.75) is 6.61 Å². The molecule has 0 saturated heterocycles. The van der Waals surface area contributed by atoms with Gasteiger partial charge in [-0.05, 0) is 24.3 Å². The van der Waals surface area contributed by atoms with E-state index in [1.807, 2.05) is 0 Å². The van der Waals surface area contributed by atoms with Crippen LogP contribution in [0.2, 0.25) is 0 Å². The van der Waals surface area contributed by atoms with Crippen molar-refractivity contribution in [2.75, 3.05) is 7.11 Å². The summed E-state index contributed by atoms with van der Waals surface area (Å²) in [6, 6.07) is 9.68. The minimum Gasteiger partial charge on any atom is -0.508 e. The number of aromatic hydroxyl groups is 1. The Morgan fingerprint density at radius 2 is 2.18 bits per heavy atom. The first-order chi connectivity index (χ1) is 10.7. The van der Waals surface area contributed by atoms with Crippen molar-refractivity contribution < 1.29 is 19.4 Å². The molecule has 0 saturated carbocycles. The lowest BCUT2D eigenvalue weighted by Crippen LogP contribution is -2.02. The molecule has 22 heavy (non-hydrogen) atoms. The number of hydrogen-bond donors (Lipinski definition) is 1. The van der Waals surface area contributed by atoms with Crippen LogP contribution in [0.25, 0.3) is 5.65 Å². The molecular weight excluding hydrogens is 286 g/mol. The number of rotatable bonds is 4. The summed E-state index contributed by atoms with van der Waals surface area (Å²) in [4.78, 5) is 15.8. The number of nitrogens with zero attached hydrogens (tertiary/aromatic N) is 3. The van der Waals surface area contributed by atoms with Gasteiger partial charge in [0.05, 0.1) is 12.7 Å². The number of phenols is 1. The lowest BCUT2D eigenvalue weighted by molar-refractivity contribution is 0.0600. The summed E-state index contributed by atoms with van der Waals surface area (Å²) in [5.41, 5.74) is 0.931. The summed E-state index contributed by atoms with van der Waals surface area (Å²) in [5, 5.41) is 13.6. The van der Waals surface area contributed by atoms with Crippen LogP contribution in [0.3, 0.4) is 0 Å². The Hall–Kier alpha value is -3.09. The van der Waals surface area contributed by atoms with Crippen molar-refractivity contribution in [1.82, 2.24) is 14.6 Å². The van der Waals surface area contributed by atoms with E-state index in [1.54, 1.807) is 41.0 Å². The molecule has 0 aliphatic heterocycles. The van der Waals surface area contributed by atoms with E-state index in [1.165, 1.54) is 13.2 Å². The molecule has 3 aromatic rings. The standard InChI is InChI=1S/C15H13N3O4/c1-21-15(20)10-5-6-18-14(7-10)16-13(17-18)9-22-12-4-2-3-11(19)8-12/h2-8,19H,9H2,1H3. The van der Waals surface area contributed by atoms with Crippen LogP contribution in [0.1, 0.15) is 16.2 Å². The van der Waals surface area contributed by atoms with Gasteiger partial charge in [-0.15, -0.1) is 5.10 Å². The predicted molar refractivity (Wildman–Crippen MR) is 76.8 cm³/mol. The van der Waals surface area contributed by atoms with Gasteiger partial charge in [0, 0.05) is 12.3 Å². The van der Waals surface area contributed by atoms with Crippen molar-refractivity contribution in [2.24, 2.45) is 0 Å². The number of carbonyl (C=O) groups excluding carboxylic acids is 1. The molecule has 0 fully saturated rings. The molecule has 2 aromatic heterocycles. The lowest BCUT2D eigenvalue weighted by Gasteiger charge is -2.02. The van der Waals surface area contributed by atoms with E-state index in [4.69, 9.17) is 4.74 Å². The van der Waals surface area contributed by atoms with E-state index in [0.29, 0.717) is 22.8 Å². The number of benzene rings is 1. The SMILES string of the molecule is COC(=O)c1ccn2nc(COc3cccc(O)c3)nc2c1. The van der Waals surface area contributed by atoms with Crippen molar-refractivity contribution in [3.8, 4) is 11.5 Å². The first-order valence-corrected chi connectivity index (χ1v) is 6.51. The lowest BCUT2D eigenvalue weighted by atomic mass is 10.3. The number of fused-ring (bicyclic) bond motifs is 1. The van der Waals surface area contributed by atoms with E-state index < -0.39 is 5.97 Å². The van der Waals surface area contributed by atoms with Gasteiger partial charge < -0.3 is 14.6 Å². The molecule has 0 unspecified atom stereocenters. The van der Waals surface area contributed by atoms with Crippen LogP contribution >= 0.6 is 0 Å². The van der Waals surface area contributed by atoms with E-state index in [2.05, 4.69) is 14.8 Å². The highest BCUT2D eigenvalue weighted by atomic mass is 16.5. The molecule has 0 aliphatic rings. The molecule has 0 bridgehead atoms. The molecule has 3 rings (SSSR count). The maximum Gasteiger partial charge on any atom is 0.338 e. The van der Waals surface area contributed by atoms with Crippen molar-refractivity contribution in [3.05, 3.63) is 54.0 Å². The maximum absolute atomic E-state index is 11.5. The van der Waals surface area contributed by atoms with Crippen LogP contribution < -0.4 is 4.74 Å². The van der Waals surface area contributed by atoms with E-state index in [-0.39, 0.29) is 12.4 Å². The fraction of sp³-hybridized carbons (Fsp3) is 0.133. The van der Waals surface area contributed by atoms with Crippen molar-refractivity contribution >= 4 is 11.6 Å². The molecule has 1 N–H and O–H groups in total. The number of esters is 1. The van der Waals surface area contributed by atoms with Crippen LogP contribution in [0.5, 0.6) is 11.5 Å². The number of hydrogen-bond acceptors (Lipinski definition) is 6. The normalized spacial score (nSPS) is 10.6. The Labute approximate surface area is 125 Å². The summed E-state index contributed by atoms with van der Waals surface area (Å²) in [6.07, 6.45) is 1.63. The van der Waals surface area contributed by atoms with Crippen LogP contribution in [-0.2, 0) is 11.3 Å². The van der Waals surface area contributed by atoms with Crippen LogP contribution in [0.15, 0.2) is 42.6 Å². The highest BCUT2D eigenvalue weighted by Gasteiger charge is 2.10. The van der Waals surface area contributed by atoms with Gasteiger partial charge in [0.25, 0.3) is 0 Å². The van der Waals surface area contributed by atoms with Gasteiger partial charge in [0.1, 0.15) is 18.1 Å². The summed E-state index contributed by atoms with van der Waals surface area (Å²) < 4.78 is 11.7. The molecular formula is C15H13N3O4. The molecule has 2 heterocycles. The number of ether oxygens (including phenoxy) is 2. The van der Waals surface area contributed by atoms with Gasteiger partial charge in [0.15, 0.2) is 11.5 Å². The average molecular weight is 299 g/mol. The maximum atomic E-state index is 11.5. The van der Waals surface area contributed by atoms with Crippen LogP contribution in [-0.4, -0.2) is 32.8 Å². The summed E-state index contributed by atoms with van der Waals surface area (Å²) in [7, 11) is 1.32. The molecule has 0 amide bonds. The van der Waals surface area contributed by atoms with E-state index >= 15 is 0 Å². The van der Waals surface area contributed by atoms with Gasteiger partial charge in [-0.1, -0.05) is 6.07 Å². The average Bonchev–Trinajstić information content (AvgIpc) is 2.94. The van der Waals surface area contributed by atoms with Crippen LogP contribution in [0.4, 0.5) is 0 Å². The Morgan fingerprint density at radius 3 is 2.95 bits per heavy atom. The van der Waals surface area contributed by atoms with Gasteiger partial charge in [-0.3, -0.25) is 0 Å². The molecule has 0 radical (unpaired) electrons. The highest BCUT2D eigenvalue weighted by molar-refractivity contribution is 5.90. The third-order valence-corrected chi connectivity index (χ3v) is 2.99. The molecule has 1 aromatic carbocycles. The largest absolute Gasteiger partial charge is 0.508 e. The molecule has 7 nitrogen and oxygen atoms in total. The molecule has 0 spiro atoms. The smallest absolute Gasteiger partial charge is 0.338 e. The van der Waals surface area contributed by atoms with Gasteiger partial charge in [-0.25, -0.2) is 14.3 Å². The zero-order valence-electron chi connectivity index (χ0n) is 11.8. The minimum absolute atomic E-state index is 0.128. The Morgan fingerprint density at radius 1 is 1.32 bits per heavy atom. The number of methoxy groups -OCH3 is 1. The quantitative estimate of drug-likeness (QED) is 0.739. The first-order valence-electron chi connectivity index (χ1n) is 6.51. The van der Waals surface area contributed by atoms with Crippen molar-refractivity contribution in [1.29, 1.82) is 0 Å². The van der Waals surface area contributed by atoms with Gasteiger partial charge in [-0.2, -0.15) is 0 Å². The molecule has 0 atom stereocenters. The third kappa shape index (κ3) is 2.83. The number of carbonyl (C=O) groups is 1. The Kier molecular flexibility index (Phi) is 3.61. The van der Waals surface area contributed by atoms with Crippen molar-refractivity contribution in [3.63, 3.8) is 0 Å². The first kappa shape index (κ1) is 13.9. The monoisotopic (exact) mass is 299 g/mol. The Bertz CT molecular complexity index is 829. The molecule has 112 valence electrons. The number of aromatic nitrogens is 3. The summed E-state index contributed by atoms with van der Waals surface area (Å²) in [6.45, 7) is 0.151. The van der Waals surface area contributed by atoms with Gasteiger partial charge >= 0.3 is 5.97 Å². The van der Waals surface area contributed by atoms with E-state index in [9.17, 15) is 9.90 Å². The summed E-state index contributed by atoms with van der Waals surface area (Å²) in [5.74, 6) is 0.686. The highest BCUT2D eigenvalue weighted by Crippen LogP contribution is 2.18. The predicted octanol–water partition coefficient (Wildman–Crippen LogP) is 1.80. The zero-order valence-corrected chi connectivity index (χ0v) is 11.8. The second-order valence-electron chi connectivity index (χ2n) is 4.52. The third-order valence-electron chi connectivity index (χ3n) is 2.99.